The van der Waals surface area contributed by atoms with E-state index >= 15 is 0 Å². The molecule has 0 radical (unpaired) electrons. The Bertz CT molecular complexity index is 832. The molecule has 3 rings (SSSR count). The highest BCUT2D eigenvalue weighted by Gasteiger charge is 2.30. The molecule has 0 saturated carbocycles. The molecule has 0 aliphatic carbocycles. The molecule has 0 fully saturated rings. The van der Waals surface area contributed by atoms with Crippen molar-refractivity contribution in [3.63, 3.8) is 0 Å². The van der Waals surface area contributed by atoms with Gasteiger partial charge in [-0.05, 0) is 17.7 Å². The number of hydrogen-bond donors (Lipinski definition) is 1. The Labute approximate surface area is 157 Å². The van der Waals surface area contributed by atoms with Crippen molar-refractivity contribution < 1.29 is 18.3 Å². The number of aromatic nitrogens is 1. The van der Waals surface area contributed by atoms with Gasteiger partial charge in [0, 0.05) is 22.4 Å². The topological polar surface area (TPSA) is 33.1 Å². The fraction of sp³-hybridized carbons (Fsp3) is 0.211. The fourth-order valence-corrected chi connectivity index (χ4v) is 4.18. The van der Waals surface area contributed by atoms with E-state index in [2.05, 4.69) is 4.98 Å². The van der Waals surface area contributed by atoms with E-state index in [9.17, 15) is 18.3 Å². The second-order valence-corrected chi connectivity index (χ2v) is 7.55. The van der Waals surface area contributed by atoms with Crippen molar-refractivity contribution in [1.82, 2.24) is 4.98 Å². The standard InChI is InChI=1S/C19H16F3NOS2/c20-19(21,22)15-8-6-14(7-9-15)18-23-16(11-26-18)10-25-12-17(24)13-4-2-1-3-5-13/h1-9,11,17,24H,10,12H2. The van der Waals surface area contributed by atoms with E-state index in [1.165, 1.54) is 23.5 Å². The van der Waals surface area contributed by atoms with Crippen LogP contribution in [0, 0.1) is 0 Å². The van der Waals surface area contributed by atoms with Crippen molar-refractivity contribution in [3.8, 4) is 10.6 Å². The van der Waals surface area contributed by atoms with Gasteiger partial charge in [0.1, 0.15) is 5.01 Å². The number of benzene rings is 2. The van der Waals surface area contributed by atoms with Crippen LogP contribution in [0.1, 0.15) is 22.9 Å². The number of rotatable bonds is 6. The molecule has 1 N–H and O–H groups in total. The molecule has 0 spiro atoms. The SMILES string of the molecule is OC(CSCc1csc(-c2ccc(C(F)(F)F)cc2)n1)c1ccccc1. The van der Waals surface area contributed by atoms with Crippen LogP contribution >= 0.6 is 23.1 Å². The van der Waals surface area contributed by atoms with Gasteiger partial charge in [0.2, 0.25) is 0 Å². The summed E-state index contributed by atoms with van der Waals surface area (Å²) >= 11 is 2.97. The van der Waals surface area contributed by atoms with Crippen molar-refractivity contribution in [2.45, 2.75) is 18.0 Å². The summed E-state index contributed by atoms with van der Waals surface area (Å²) in [5.74, 6) is 1.19. The van der Waals surface area contributed by atoms with Crippen LogP contribution in [-0.2, 0) is 11.9 Å². The molecule has 1 heterocycles. The smallest absolute Gasteiger partial charge is 0.388 e. The van der Waals surface area contributed by atoms with Crippen LogP contribution in [0.15, 0.2) is 60.0 Å². The lowest BCUT2D eigenvalue weighted by atomic mass is 10.1. The maximum absolute atomic E-state index is 12.6. The third-order valence-corrected chi connectivity index (χ3v) is 5.71. The number of halogens is 3. The van der Waals surface area contributed by atoms with Crippen LogP contribution in [0.2, 0.25) is 0 Å². The molecule has 1 aromatic heterocycles. The largest absolute Gasteiger partial charge is 0.416 e. The zero-order chi connectivity index (χ0) is 18.6. The highest BCUT2D eigenvalue weighted by atomic mass is 32.2. The maximum Gasteiger partial charge on any atom is 0.416 e. The third kappa shape index (κ3) is 4.87. The van der Waals surface area contributed by atoms with Crippen LogP contribution in [0.4, 0.5) is 13.2 Å². The van der Waals surface area contributed by atoms with Gasteiger partial charge in [0.25, 0.3) is 0 Å². The summed E-state index contributed by atoms with van der Waals surface area (Å²) in [5, 5.41) is 12.7. The van der Waals surface area contributed by atoms with Crippen molar-refractivity contribution in [3.05, 3.63) is 76.8 Å². The van der Waals surface area contributed by atoms with E-state index in [1.54, 1.807) is 11.8 Å². The van der Waals surface area contributed by atoms with E-state index in [0.717, 1.165) is 23.4 Å². The predicted octanol–water partition coefficient (Wildman–Crippen LogP) is 5.80. The van der Waals surface area contributed by atoms with Gasteiger partial charge in [0.15, 0.2) is 0 Å². The van der Waals surface area contributed by atoms with Gasteiger partial charge in [0.05, 0.1) is 17.4 Å². The zero-order valence-corrected chi connectivity index (χ0v) is 15.2. The maximum atomic E-state index is 12.6. The van der Waals surface area contributed by atoms with E-state index in [1.807, 2.05) is 35.7 Å². The summed E-state index contributed by atoms with van der Waals surface area (Å²) in [5.41, 5.74) is 1.74. The van der Waals surface area contributed by atoms with Crippen LogP contribution in [-0.4, -0.2) is 15.8 Å². The molecule has 2 aromatic carbocycles. The number of aliphatic hydroxyl groups excluding tert-OH is 1. The Kier molecular flexibility index (Phi) is 6.01. The van der Waals surface area contributed by atoms with Gasteiger partial charge in [-0.2, -0.15) is 24.9 Å². The molecule has 26 heavy (non-hydrogen) atoms. The minimum Gasteiger partial charge on any atom is -0.388 e. The Morgan fingerprint density at radius 2 is 1.73 bits per heavy atom. The van der Waals surface area contributed by atoms with Gasteiger partial charge in [-0.15, -0.1) is 11.3 Å². The molecular weight excluding hydrogens is 379 g/mol. The fourth-order valence-electron chi connectivity index (χ4n) is 2.35. The van der Waals surface area contributed by atoms with Crippen molar-refractivity contribution in [1.29, 1.82) is 0 Å². The van der Waals surface area contributed by atoms with Crippen LogP contribution in [0.5, 0.6) is 0 Å². The number of alkyl halides is 3. The second-order valence-electron chi connectivity index (χ2n) is 5.66. The quantitative estimate of drug-likeness (QED) is 0.573. The van der Waals surface area contributed by atoms with Gasteiger partial charge >= 0.3 is 6.18 Å². The Morgan fingerprint density at radius 1 is 1.04 bits per heavy atom. The summed E-state index contributed by atoms with van der Waals surface area (Å²) in [6, 6.07) is 14.5. The Balaban J connectivity index is 1.56. The van der Waals surface area contributed by atoms with E-state index < -0.39 is 17.8 Å². The molecular formula is C19H16F3NOS2. The molecule has 2 nitrogen and oxygen atoms in total. The molecule has 1 atom stereocenters. The molecule has 0 bridgehead atoms. The summed E-state index contributed by atoms with van der Waals surface area (Å²) < 4.78 is 37.9. The first kappa shape index (κ1) is 18.9. The average Bonchev–Trinajstić information content (AvgIpc) is 3.11. The zero-order valence-electron chi connectivity index (χ0n) is 13.6. The third-order valence-electron chi connectivity index (χ3n) is 3.72. The van der Waals surface area contributed by atoms with Crippen LogP contribution < -0.4 is 0 Å². The van der Waals surface area contributed by atoms with Gasteiger partial charge in [-0.1, -0.05) is 42.5 Å². The van der Waals surface area contributed by atoms with Crippen LogP contribution in [0.3, 0.4) is 0 Å². The number of thiazole rings is 1. The summed E-state index contributed by atoms with van der Waals surface area (Å²) in [6.07, 6.45) is -4.86. The summed E-state index contributed by atoms with van der Waals surface area (Å²) in [4.78, 5) is 4.48. The average molecular weight is 395 g/mol. The van der Waals surface area contributed by atoms with Gasteiger partial charge in [-0.25, -0.2) is 4.98 Å². The minimum absolute atomic E-state index is 0.533. The lowest BCUT2D eigenvalue weighted by Crippen LogP contribution is -2.03. The van der Waals surface area contributed by atoms with E-state index in [-0.39, 0.29) is 0 Å². The summed E-state index contributed by atoms with van der Waals surface area (Å²) in [6.45, 7) is 0. The van der Waals surface area contributed by atoms with E-state index in [0.29, 0.717) is 22.1 Å². The molecule has 7 heteroatoms. The first-order valence-corrected chi connectivity index (χ1v) is 9.90. The van der Waals surface area contributed by atoms with Crippen molar-refractivity contribution >= 4 is 23.1 Å². The number of nitrogens with zero attached hydrogens (tertiary/aromatic N) is 1. The molecule has 3 aromatic rings. The van der Waals surface area contributed by atoms with Gasteiger partial charge in [-0.3, -0.25) is 0 Å². The highest BCUT2D eigenvalue weighted by Crippen LogP contribution is 2.32. The van der Waals surface area contributed by atoms with E-state index in [4.69, 9.17) is 0 Å². The molecule has 0 saturated heterocycles. The molecule has 0 aliphatic rings. The normalized spacial score (nSPS) is 12.9. The number of hydrogen-bond acceptors (Lipinski definition) is 4. The first-order valence-electron chi connectivity index (χ1n) is 7.86. The lowest BCUT2D eigenvalue weighted by Gasteiger charge is -2.09. The molecule has 0 aliphatic heterocycles. The molecule has 0 amide bonds. The molecule has 1 unspecified atom stereocenters. The Morgan fingerprint density at radius 3 is 2.38 bits per heavy atom. The summed E-state index contributed by atoms with van der Waals surface area (Å²) in [7, 11) is 0. The molecule has 136 valence electrons. The monoisotopic (exact) mass is 395 g/mol. The Hall–Kier alpha value is -1.83. The van der Waals surface area contributed by atoms with Crippen molar-refractivity contribution in [2.75, 3.05) is 5.75 Å². The lowest BCUT2D eigenvalue weighted by molar-refractivity contribution is -0.137. The first-order chi connectivity index (χ1) is 12.4. The highest BCUT2D eigenvalue weighted by molar-refractivity contribution is 7.98. The van der Waals surface area contributed by atoms with Gasteiger partial charge < -0.3 is 5.11 Å². The van der Waals surface area contributed by atoms with Crippen molar-refractivity contribution in [2.24, 2.45) is 0 Å². The predicted molar refractivity (Wildman–Crippen MR) is 100 cm³/mol. The second kappa shape index (κ2) is 8.24. The number of thioether (sulfide) groups is 1. The number of aliphatic hydroxyl groups is 1. The minimum atomic E-state index is -4.33. The van der Waals surface area contributed by atoms with Crippen LogP contribution in [0.25, 0.3) is 10.6 Å².